The zero-order chi connectivity index (χ0) is 13.7. The third-order valence-corrected chi connectivity index (χ3v) is 2.92. The Hall–Kier alpha value is -2.02. The summed E-state index contributed by atoms with van der Waals surface area (Å²) in [5.74, 6) is -0.666. The number of nitrogens with zero attached hydrogens (tertiary/aromatic N) is 1. The van der Waals surface area contributed by atoms with Crippen molar-refractivity contribution in [3.8, 4) is 6.07 Å². The largest absolute Gasteiger partial charge is 0.481 e. The molecule has 2 N–H and O–H groups in total. The van der Waals surface area contributed by atoms with Gasteiger partial charge >= 0.3 is 5.97 Å². The van der Waals surface area contributed by atoms with Crippen molar-refractivity contribution in [1.29, 1.82) is 5.26 Å². The lowest BCUT2D eigenvalue weighted by Crippen LogP contribution is -2.29. The van der Waals surface area contributed by atoms with Gasteiger partial charge in [-0.1, -0.05) is 26.0 Å². The second-order valence-electron chi connectivity index (χ2n) is 4.70. The number of aryl methyl sites for hydroxylation is 1. The van der Waals surface area contributed by atoms with E-state index in [0.29, 0.717) is 5.56 Å². The lowest BCUT2D eigenvalue weighted by atomic mass is 9.99. The lowest BCUT2D eigenvalue weighted by Gasteiger charge is -2.23. The molecule has 4 heteroatoms. The van der Waals surface area contributed by atoms with E-state index in [1.165, 1.54) is 0 Å². The molecule has 0 saturated carbocycles. The second-order valence-corrected chi connectivity index (χ2v) is 4.70. The van der Waals surface area contributed by atoms with E-state index >= 15 is 0 Å². The highest BCUT2D eigenvalue weighted by molar-refractivity contribution is 5.69. The molecule has 0 aliphatic rings. The van der Waals surface area contributed by atoms with Crippen molar-refractivity contribution in [2.45, 2.75) is 33.2 Å². The van der Waals surface area contributed by atoms with E-state index in [-0.39, 0.29) is 18.4 Å². The van der Waals surface area contributed by atoms with Gasteiger partial charge in [-0.2, -0.15) is 5.26 Å². The number of para-hydroxylation sites is 1. The zero-order valence-corrected chi connectivity index (χ0v) is 10.9. The molecule has 0 radical (unpaired) electrons. The van der Waals surface area contributed by atoms with Gasteiger partial charge in [0.1, 0.15) is 6.07 Å². The van der Waals surface area contributed by atoms with Crippen LogP contribution in [0.2, 0.25) is 0 Å². The fraction of sp³-hybridized carbons (Fsp3) is 0.429. The minimum absolute atomic E-state index is 0.0386. The smallest absolute Gasteiger partial charge is 0.305 e. The van der Waals surface area contributed by atoms with Gasteiger partial charge < -0.3 is 10.4 Å². The number of anilines is 1. The van der Waals surface area contributed by atoms with Gasteiger partial charge in [-0.05, 0) is 24.5 Å². The SMILES string of the molecule is Cc1cccc(C#N)c1NC(CC(=O)O)C(C)C. The molecule has 18 heavy (non-hydrogen) atoms. The summed E-state index contributed by atoms with van der Waals surface area (Å²) in [6.45, 7) is 5.83. The first-order chi connectivity index (χ1) is 8.45. The molecule has 96 valence electrons. The van der Waals surface area contributed by atoms with Crippen LogP contribution in [-0.2, 0) is 4.79 Å². The van der Waals surface area contributed by atoms with E-state index in [1.807, 2.05) is 32.9 Å². The predicted octanol–water partition coefficient (Wildman–Crippen LogP) is 2.78. The van der Waals surface area contributed by atoms with Crippen LogP contribution in [0.25, 0.3) is 0 Å². The number of carboxylic acid groups (broad SMARTS) is 1. The number of hydrogen-bond donors (Lipinski definition) is 2. The maximum atomic E-state index is 10.8. The molecular formula is C14H18N2O2. The summed E-state index contributed by atoms with van der Waals surface area (Å²) in [6, 6.07) is 7.39. The van der Waals surface area contributed by atoms with Crippen molar-refractivity contribution >= 4 is 11.7 Å². The Morgan fingerprint density at radius 3 is 2.67 bits per heavy atom. The van der Waals surface area contributed by atoms with Crippen molar-refractivity contribution < 1.29 is 9.90 Å². The summed E-state index contributed by atoms with van der Waals surface area (Å²) in [5, 5.41) is 21.2. The van der Waals surface area contributed by atoms with Crippen LogP contribution >= 0.6 is 0 Å². The maximum absolute atomic E-state index is 10.8. The van der Waals surface area contributed by atoms with E-state index in [0.717, 1.165) is 11.3 Å². The molecule has 0 heterocycles. The van der Waals surface area contributed by atoms with Gasteiger partial charge in [-0.3, -0.25) is 4.79 Å². The number of rotatable bonds is 5. The number of benzene rings is 1. The Bertz CT molecular complexity index is 475. The Balaban J connectivity index is 3.01. The standard InChI is InChI=1S/C14H18N2O2/c1-9(2)12(7-13(17)18)16-14-10(3)5-4-6-11(14)8-15/h4-6,9,12,16H,7H2,1-3H3,(H,17,18). The summed E-state index contributed by atoms with van der Waals surface area (Å²) in [4.78, 5) is 10.8. The normalized spacial score (nSPS) is 11.9. The number of carboxylic acids is 1. The number of nitriles is 1. The monoisotopic (exact) mass is 246 g/mol. The van der Waals surface area contributed by atoms with E-state index in [9.17, 15) is 4.79 Å². The van der Waals surface area contributed by atoms with E-state index < -0.39 is 5.97 Å². The molecule has 0 aliphatic carbocycles. The van der Waals surface area contributed by atoms with Crippen LogP contribution in [0.15, 0.2) is 18.2 Å². The molecule has 0 aromatic heterocycles. The molecule has 0 saturated heterocycles. The summed E-state index contributed by atoms with van der Waals surface area (Å²) >= 11 is 0. The highest BCUT2D eigenvalue weighted by atomic mass is 16.4. The Kier molecular flexibility index (Phi) is 4.73. The topological polar surface area (TPSA) is 73.1 Å². The summed E-state index contributed by atoms with van der Waals surface area (Å²) in [7, 11) is 0. The van der Waals surface area contributed by atoms with Crippen LogP contribution in [0.1, 0.15) is 31.4 Å². The van der Waals surface area contributed by atoms with Gasteiger partial charge in [0, 0.05) is 6.04 Å². The molecular weight excluding hydrogens is 228 g/mol. The van der Waals surface area contributed by atoms with E-state index in [4.69, 9.17) is 10.4 Å². The predicted molar refractivity (Wildman–Crippen MR) is 70.4 cm³/mol. The van der Waals surface area contributed by atoms with Gasteiger partial charge in [0.15, 0.2) is 0 Å². The van der Waals surface area contributed by atoms with Gasteiger partial charge in [-0.25, -0.2) is 0 Å². The Morgan fingerprint density at radius 2 is 2.17 bits per heavy atom. The maximum Gasteiger partial charge on any atom is 0.305 e. The molecule has 0 fully saturated rings. The van der Waals surface area contributed by atoms with Gasteiger partial charge in [-0.15, -0.1) is 0 Å². The van der Waals surface area contributed by atoms with Gasteiger partial charge in [0.25, 0.3) is 0 Å². The van der Waals surface area contributed by atoms with Crippen LogP contribution < -0.4 is 5.32 Å². The first-order valence-electron chi connectivity index (χ1n) is 5.93. The van der Waals surface area contributed by atoms with Crippen molar-refractivity contribution in [3.63, 3.8) is 0 Å². The molecule has 1 rings (SSSR count). The average Bonchev–Trinajstić information content (AvgIpc) is 2.29. The summed E-state index contributed by atoms with van der Waals surface area (Å²) < 4.78 is 0. The van der Waals surface area contributed by atoms with Crippen molar-refractivity contribution in [3.05, 3.63) is 29.3 Å². The highest BCUT2D eigenvalue weighted by Crippen LogP contribution is 2.23. The van der Waals surface area contributed by atoms with Crippen LogP contribution in [0.5, 0.6) is 0 Å². The second kappa shape index (κ2) is 6.06. The molecule has 1 atom stereocenters. The third kappa shape index (κ3) is 3.49. The number of hydrogen-bond acceptors (Lipinski definition) is 3. The van der Waals surface area contributed by atoms with Gasteiger partial charge in [0.05, 0.1) is 17.7 Å². The van der Waals surface area contributed by atoms with Gasteiger partial charge in [0.2, 0.25) is 0 Å². The van der Waals surface area contributed by atoms with E-state index in [1.54, 1.807) is 6.07 Å². The molecule has 0 bridgehead atoms. The van der Waals surface area contributed by atoms with Crippen molar-refractivity contribution in [1.82, 2.24) is 0 Å². The summed E-state index contributed by atoms with van der Waals surface area (Å²) in [5.41, 5.74) is 2.23. The lowest BCUT2D eigenvalue weighted by molar-refractivity contribution is -0.137. The van der Waals surface area contributed by atoms with Crippen LogP contribution in [-0.4, -0.2) is 17.1 Å². The van der Waals surface area contributed by atoms with Crippen molar-refractivity contribution in [2.75, 3.05) is 5.32 Å². The first-order valence-corrected chi connectivity index (χ1v) is 5.93. The van der Waals surface area contributed by atoms with Crippen LogP contribution in [0, 0.1) is 24.2 Å². The Labute approximate surface area is 107 Å². The van der Waals surface area contributed by atoms with E-state index in [2.05, 4.69) is 11.4 Å². The summed E-state index contributed by atoms with van der Waals surface area (Å²) in [6.07, 6.45) is 0.0386. The first kappa shape index (κ1) is 14.0. The Morgan fingerprint density at radius 1 is 1.50 bits per heavy atom. The molecule has 1 unspecified atom stereocenters. The molecule has 4 nitrogen and oxygen atoms in total. The van der Waals surface area contributed by atoms with Crippen molar-refractivity contribution in [2.24, 2.45) is 5.92 Å². The third-order valence-electron chi connectivity index (χ3n) is 2.92. The molecule has 1 aromatic rings. The zero-order valence-electron chi connectivity index (χ0n) is 10.9. The van der Waals surface area contributed by atoms with Crippen LogP contribution in [0.3, 0.4) is 0 Å². The highest BCUT2D eigenvalue weighted by Gasteiger charge is 2.18. The minimum atomic E-state index is -0.840. The molecule has 0 spiro atoms. The number of carbonyl (C=O) groups is 1. The molecule has 0 amide bonds. The molecule has 0 aliphatic heterocycles. The quantitative estimate of drug-likeness (QED) is 0.837. The molecule has 1 aromatic carbocycles. The number of aliphatic carboxylic acids is 1. The average molecular weight is 246 g/mol. The number of nitrogens with one attached hydrogen (secondary N) is 1. The fourth-order valence-corrected chi connectivity index (χ4v) is 1.78. The fourth-order valence-electron chi connectivity index (χ4n) is 1.78. The minimum Gasteiger partial charge on any atom is -0.481 e. The van der Waals surface area contributed by atoms with Crippen LogP contribution in [0.4, 0.5) is 5.69 Å².